The first-order valence-corrected chi connectivity index (χ1v) is 8.27. The van der Waals surface area contributed by atoms with Gasteiger partial charge in [-0.25, -0.2) is 17.4 Å². The van der Waals surface area contributed by atoms with Crippen molar-refractivity contribution in [2.75, 3.05) is 7.11 Å². The quantitative estimate of drug-likeness (QED) is 0.842. The maximum atomic E-state index is 12.7. The van der Waals surface area contributed by atoms with Crippen LogP contribution in [0.2, 0.25) is 0 Å². The summed E-state index contributed by atoms with van der Waals surface area (Å²) in [6.07, 6.45) is 2.07. The largest absolute Gasteiger partial charge is 0.496 e. The van der Waals surface area contributed by atoms with Crippen LogP contribution in [-0.2, 0) is 16.4 Å². The fourth-order valence-electron chi connectivity index (χ4n) is 1.88. The Labute approximate surface area is 126 Å². The minimum absolute atomic E-state index is 0.171. The Morgan fingerprint density at radius 3 is 2.70 bits per heavy atom. The van der Waals surface area contributed by atoms with Crippen LogP contribution < -0.4 is 4.74 Å². The number of rotatable bonds is 4. The van der Waals surface area contributed by atoms with Crippen molar-refractivity contribution in [3.05, 3.63) is 40.4 Å². The molecule has 0 saturated carbocycles. The lowest BCUT2D eigenvalue weighted by Crippen LogP contribution is -2.15. The highest BCUT2D eigenvalue weighted by Gasteiger charge is 2.21. The average molecular weight is 359 g/mol. The third-order valence-corrected chi connectivity index (χ3v) is 5.20. The number of hydrogen-bond acceptors (Lipinski definition) is 4. The molecular formula is C13H15BrN2O3S. The highest BCUT2D eigenvalue weighted by atomic mass is 79.9. The first-order valence-electron chi connectivity index (χ1n) is 6.04. The molecule has 0 unspecified atom stereocenters. The third-order valence-electron chi connectivity index (χ3n) is 2.86. The minimum Gasteiger partial charge on any atom is -0.496 e. The van der Waals surface area contributed by atoms with Crippen molar-refractivity contribution in [3.8, 4) is 5.75 Å². The Kier molecular flexibility index (Phi) is 4.19. The Morgan fingerprint density at radius 2 is 2.10 bits per heavy atom. The molecule has 0 saturated heterocycles. The van der Waals surface area contributed by atoms with Gasteiger partial charge in [0, 0.05) is 18.7 Å². The van der Waals surface area contributed by atoms with Crippen molar-refractivity contribution in [1.82, 2.24) is 8.96 Å². The van der Waals surface area contributed by atoms with Gasteiger partial charge >= 0.3 is 0 Å². The van der Waals surface area contributed by atoms with Crippen molar-refractivity contribution in [3.63, 3.8) is 0 Å². The van der Waals surface area contributed by atoms with Gasteiger partial charge in [-0.15, -0.1) is 0 Å². The van der Waals surface area contributed by atoms with Crippen molar-refractivity contribution in [1.29, 1.82) is 0 Å². The first kappa shape index (κ1) is 15.1. The van der Waals surface area contributed by atoms with E-state index in [1.165, 1.54) is 29.4 Å². The zero-order valence-electron chi connectivity index (χ0n) is 11.4. The van der Waals surface area contributed by atoms with Gasteiger partial charge < -0.3 is 4.74 Å². The summed E-state index contributed by atoms with van der Waals surface area (Å²) in [5.74, 6) is 0.991. The number of aryl methyl sites for hydroxylation is 2. The summed E-state index contributed by atoms with van der Waals surface area (Å²) >= 11 is 3.31. The van der Waals surface area contributed by atoms with E-state index in [2.05, 4.69) is 20.9 Å². The smallest absolute Gasteiger partial charge is 0.269 e. The number of hydrogen-bond donors (Lipinski definition) is 0. The summed E-state index contributed by atoms with van der Waals surface area (Å²) in [4.78, 5) is 4.40. The van der Waals surface area contributed by atoms with Gasteiger partial charge in [-0.2, -0.15) is 0 Å². The number of methoxy groups -OCH3 is 1. The van der Waals surface area contributed by atoms with E-state index in [9.17, 15) is 8.42 Å². The van der Waals surface area contributed by atoms with Crippen molar-refractivity contribution < 1.29 is 13.2 Å². The zero-order chi connectivity index (χ0) is 14.9. The van der Waals surface area contributed by atoms with E-state index >= 15 is 0 Å². The molecule has 1 aromatic heterocycles. The standard InChI is InChI=1S/C13H15BrN2O3S/c1-4-13-15-9(2)8-16(13)20(17,18)10-5-6-11(14)12(7-10)19-3/h5-8H,4H2,1-3H3. The second-order valence-electron chi connectivity index (χ2n) is 4.25. The summed E-state index contributed by atoms with van der Waals surface area (Å²) in [5.41, 5.74) is 0.675. The molecule has 0 amide bonds. The van der Waals surface area contributed by atoms with E-state index in [0.29, 0.717) is 28.2 Å². The molecule has 0 N–H and O–H groups in total. The predicted molar refractivity (Wildman–Crippen MR) is 79.6 cm³/mol. The highest BCUT2D eigenvalue weighted by Crippen LogP contribution is 2.28. The van der Waals surface area contributed by atoms with Gasteiger partial charge in [0.25, 0.3) is 10.0 Å². The Bertz CT molecular complexity index is 738. The molecule has 0 aliphatic heterocycles. The van der Waals surface area contributed by atoms with E-state index in [4.69, 9.17) is 4.74 Å². The molecule has 1 heterocycles. The molecule has 0 aliphatic carbocycles. The van der Waals surface area contributed by atoms with Crippen molar-refractivity contribution in [2.24, 2.45) is 0 Å². The lowest BCUT2D eigenvalue weighted by molar-refractivity contribution is 0.410. The molecule has 0 aliphatic rings. The van der Waals surface area contributed by atoms with Gasteiger partial charge in [0.2, 0.25) is 0 Å². The van der Waals surface area contributed by atoms with Gasteiger partial charge in [-0.05, 0) is 35.0 Å². The minimum atomic E-state index is -3.66. The van der Waals surface area contributed by atoms with Crippen LogP contribution in [0.5, 0.6) is 5.75 Å². The number of nitrogens with zero attached hydrogens (tertiary/aromatic N) is 2. The van der Waals surface area contributed by atoms with Crippen LogP contribution in [0.3, 0.4) is 0 Å². The predicted octanol–water partition coefficient (Wildman–Crippen LogP) is 2.76. The summed E-state index contributed by atoms with van der Waals surface area (Å²) in [6, 6.07) is 4.69. The topological polar surface area (TPSA) is 61.2 Å². The molecular weight excluding hydrogens is 344 g/mol. The summed E-state index contributed by atoms with van der Waals surface area (Å²) < 4.78 is 32.4. The molecule has 0 spiro atoms. The average Bonchev–Trinajstić information content (AvgIpc) is 2.81. The normalized spacial score (nSPS) is 11.6. The molecule has 0 radical (unpaired) electrons. The van der Waals surface area contributed by atoms with E-state index in [-0.39, 0.29) is 4.90 Å². The Balaban J connectivity index is 2.60. The van der Waals surface area contributed by atoms with Gasteiger partial charge in [-0.3, -0.25) is 0 Å². The van der Waals surface area contributed by atoms with Crippen LogP contribution in [-0.4, -0.2) is 24.5 Å². The molecule has 0 bridgehead atoms. The number of imidazole rings is 1. The van der Waals surface area contributed by atoms with Crippen LogP contribution in [0.1, 0.15) is 18.4 Å². The Morgan fingerprint density at radius 1 is 1.40 bits per heavy atom. The van der Waals surface area contributed by atoms with Crippen molar-refractivity contribution in [2.45, 2.75) is 25.2 Å². The SMILES string of the molecule is CCc1nc(C)cn1S(=O)(=O)c1ccc(Br)c(OC)c1. The second kappa shape index (κ2) is 5.57. The van der Waals surface area contributed by atoms with E-state index in [1.807, 2.05) is 6.92 Å². The van der Waals surface area contributed by atoms with E-state index < -0.39 is 10.0 Å². The molecule has 2 aromatic rings. The van der Waals surface area contributed by atoms with Gasteiger partial charge in [0.1, 0.15) is 11.6 Å². The van der Waals surface area contributed by atoms with E-state index in [0.717, 1.165) is 0 Å². The molecule has 0 atom stereocenters. The van der Waals surface area contributed by atoms with Crippen LogP contribution in [0.25, 0.3) is 0 Å². The summed E-state index contributed by atoms with van der Waals surface area (Å²) in [7, 11) is -2.16. The van der Waals surface area contributed by atoms with Gasteiger partial charge in [0.15, 0.2) is 0 Å². The fraction of sp³-hybridized carbons (Fsp3) is 0.308. The van der Waals surface area contributed by atoms with E-state index in [1.54, 1.807) is 13.0 Å². The van der Waals surface area contributed by atoms with Crippen LogP contribution in [0.4, 0.5) is 0 Å². The van der Waals surface area contributed by atoms with Crippen LogP contribution in [0.15, 0.2) is 33.8 Å². The van der Waals surface area contributed by atoms with Crippen molar-refractivity contribution >= 4 is 26.0 Å². The monoisotopic (exact) mass is 358 g/mol. The Hall–Kier alpha value is -1.34. The number of halogens is 1. The number of ether oxygens (including phenoxy) is 1. The van der Waals surface area contributed by atoms with Crippen LogP contribution >= 0.6 is 15.9 Å². The molecule has 5 nitrogen and oxygen atoms in total. The number of benzene rings is 1. The third kappa shape index (κ3) is 2.60. The molecule has 1 aromatic carbocycles. The molecule has 20 heavy (non-hydrogen) atoms. The maximum absolute atomic E-state index is 12.7. The zero-order valence-corrected chi connectivity index (χ0v) is 13.8. The maximum Gasteiger partial charge on any atom is 0.269 e. The van der Waals surface area contributed by atoms with Crippen LogP contribution in [0, 0.1) is 6.92 Å². The summed E-state index contributed by atoms with van der Waals surface area (Å²) in [5, 5.41) is 0. The second-order valence-corrected chi connectivity index (χ2v) is 6.92. The first-order chi connectivity index (χ1) is 9.40. The fourth-order valence-corrected chi connectivity index (χ4v) is 3.75. The highest BCUT2D eigenvalue weighted by molar-refractivity contribution is 9.10. The lowest BCUT2D eigenvalue weighted by Gasteiger charge is -2.10. The van der Waals surface area contributed by atoms with Gasteiger partial charge in [0.05, 0.1) is 22.2 Å². The number of aromatic nitrogens is 2. The van der Waals surface area contributed by atoms with Gasteiger partial charge in [-0.1, -0.05) is 6.92 Å². The molecule has 0 fully saturated rings. The lowest BCUT2D eigenvalue weighted by atomic mass is 10.3. The molecule has 7 heteroatoms. The molecule has 2 rings (SSSR count). The summed E-state index contributed by atoms with van der Waals surface area (Å²) in [6.45, 7) is 3.64. The molecule has 108 valence electrons.